The number of carbonyl (C=O) groups is 2. The van der Waals surface area contributed by atoms with Crippen molar-refractivity contribution < 1.29 is 38.6 Å². The molecule has 0 aromatic carbocycles. The van der Waals surface area contributed by atoms with E-state index < -0.39 is 29.3 Å². The van der Waals surface area contributed by atoms with Crippen LogP contribution in [0.5, 0.6) is 11.5 Å². The number of hydrogen-bond acceptors (Lipinski definition) is 12. The molecule has 0 fully saturated rings. The maximum absolute atomic E-state index is 10.8. The number of halogens is 2. The van der Waals surface area contributed by atoms with Gasteiger partial charge >= 0.3 is 17.8 Å². The van der Waals surface area contributed by atoms with E-state index in [0.29, 0.717) is 15.0 Å². The molecule has 2 rings (SSSR count). The van der Waals surface area contributed by atoms with Crippen molar-refractivity contribution in [2.45, 2.75) is 7.43 Å². The Morgan fingerprint density at radius 3 is 1.82 bits per heavy atom. The number of ether oxygens (including phenoxy) is 4. The molecule has 0 saturated heterocycles. The van der Waals surface area contributed by atoms with Gasteiger partial charge in [0.1, 0.15) is 4.60 Å². The molecule has 0 saturated carbocycles. The standard InChI is InChI=1S/C8H7BrN2O5.C8H9BrN2O3.CH4O.CH4/c1-15-7(12)4-16-5-2-3-6(9)10-8(5)11(13)14;1-13-7(12)4-14-5-2-3-6(9)11-8(5)10;1-2;/h2-3H,4H2,1H3;2-3H,4H2,1H3,(H2,10,11);2H,1H3;1H4. The van der Waals surface area contributed by atoms with E-state index in [9.17, 15) is 19.7 Å². The van der Waals surface area contributed by atoms with Crippen LogP contribution in [-0.2, 0) is 19.1 Å². The number of nitrogen functional groups attached to an aromatic ring is 1. The molecule has 0 bridgehead atoms. The highest BCUT2D eigenvalue weighted by Gasteiger charge is 2.19. The molecule has 0 amide bonds. The highest BCUT2D eigenvalue weighted by Crippen LogP contribution is 2.26. The normalized spacial score (nSPS) is 8.91. The van der Waals surface area contributed by atoms with Crippen molar-refractivity contribution in [3.05, 3.63) is 43.6 Å². The summed E-state index contributed by atoms with van der Waals surface area (Å²) in [4.78, 5) is 39.0. The number of rotatable bonds is 7. The second-order valence-corrected chi connectivity index (χ2v) is 6.58. The van der Waals surface area contributed by atoms with Gasteiger partial charge in [0.05, 0.1) is 14.2 Å². The Morgan fingerprint density at radius 2 is 1.39 bits per heavy atom. The molecule has 3 N–H and O–H groups in total. The quantitative estimate of drug-likeness (QED) is 0.205. The molecule has 15 heteroatoms. The summed E-state index contributed by atoms with van der Waals surface area (Å²) >= 11 is 6.15. The first-order valence-corrected chi connectivity index (χ1v) is 9.83. The number of esters is 2. The van der Waals surface area contributed by atoms with Crippen molar-refractivity contribution in [1.82, 2.24) is 9.97 Å². The van der Waals surface area contributed by atoms with Crippen LogP contribution in [0, 0.1) is 10.1 Å². The molecule has 0 aliphatic carbocycles. The Bertz CT molecular complexity index is 916. The largest absolute Gasteiger partial charge is 0.478 e. The lowest BCUT2D eigenvalue weighted by Crippen LogP contribution is -2.13. The van der Waals surface area contributed by atoms with E-state index in [2.05, 4.69) is 51.3 Å². The van der Waals surface area contributed by atoms with Crippen molar-refractivity contribution in [3.63, 3.8) is 0 Å². The molecule has 2 heterocycles. The van der Waals surface area contributed by atoms with E-state index in [1.165, 1.54) is 26.4 Å². The fourth-order valence-corrected chi connectivity index (χ4v) is 2.23. The first-order chi connectivity index (χ1) is 15.2. The van der Waals surface area contributed by atoms with E-state index in [4.69, 9.17) is 20.3 Å². The number of aromatic nitrogens is 2. The van der Waals surface area contributed by atoms with Crippen LogP contribution >= 0.6 is 31.9 Å². The van der Waals surface area contributed by atoms with Gasteiger partial charge in [0.15, 0.2) is 24.8 Å². The summed E-state index contributed by atoms with van der Waals surface area (Å²) in [6.07, 6.45) is 0. The highest BCUT2D eigenvalue weighted by molar-refractivity contribution is 9.10. The number of methoxy groups -OCH3 is 2. The predicted molar refractivity (Wildman–Crippen MR) is 125 cm³/mol. The summed E-state index contributed by atoms with van der Waals surface area (Å²) in [6, 6.07) is 6.11. The van der Waals surface area contributed by atoms with Gasteiger partial charge in [-0.25, -0.2) is 14.6 Å². The summed E-state index contributed by atoms with van der Waals surface area (Å²) in [7, 11) is 3.48. The number of hydrogen-bond donors (Lipinski definition) is 2. The van der Waals surface area contributed by atoms with Crippen LogP contribution in [0.15, 0.2) is 33.5 Å². The summed E-state index contributed by atoms with van der Waals surface area (Å²) in [5.74, 6) is -1.05. The van der Waals surface area contributed by atoms with Crippen LogP contribution in [0.1, 0.15) is 7.43 Å². The van der Waals surface area contributed by atoms with Crippen LogP contribution in [0.4, 0.5) is 11.6 Å². The van der Waals surface area contributed by atoms with Crippen LogP contribution in [0.2, 0.25) is 0 Å². The van der Waals surface area contributed by atoms with Crippen molar-refractivity contribution in [3.8, 4) is 11.5 Å². The Balaban J connectivity index is 0. The molecule has 0 aliphatic rings. The molecule has 0 aliphatic heterocycles. The molecule has 0 atom stereocenters. The Kier molecular flexibility index (Phi) is 17.1. The van der Waals surface area contributed by atoms with Crippen molar-refractivity contribution in [2.24, 2.45) is 0 Å². The number of aliphatic hydroxyl groups excluding tert-OH is 1. The lowest BCUT2D eigenvalue weighted by atomic mass is 10.4. The SMILES string of the molecule is C.CO.COC(=O)COc1ccc(Br)nc1N.COC(=O)COc1ccc(Br)nc1[N+](=O)[O-]. The maximum atomic E-state index is 10.8. The Morgan fingerprint density at radius 1 is 0.970 bits per heavy atom. The van der Waals surface area contributed by atoms with Gasteiger partial charge in [-0.3, -0.25) is 0 Å². The molecule has 0 radical (unpaired) electrons. The third kappa shape index (κ3) is 12.5. The van der Waals surface area contributed by atoms with Crippen LogP contribution in [0.3, 0.4) is 0 Å². The van der Waals surface area contributed by atoms with E-state index >= 15 is 0 Å². The van der Waals surface area contributed by atoms with Gasteiger partial charge in [0.2, 0.25) is 10.4 Å². The third-order valence-electron chi connectivity index (χ3n) is 2.98. The molecule has 0 spiro atoms. The fourth-order valence-electron chi connectivity index (χ4n) is 1.61. The molecular weight excluding hydrogens is 576 g/mol. The van der Waals surface area contributed by atoms with Gasteiger partial charge in [-0.1, -0.05) is 7.43 Å². The summed E-state index contributed by atoms with van der Waals surface area (Å²) < 4.78 is 19.6. The minimum atomic E-state index is -0.697. The molecular formula is C18H24Br2N4O9. The molecule has 13 nitrogen and oxygen atoms in total. The second kappa shape index (κ2) is 17.5. The van der Waals surface area contributed by atoms with Gasteiger partial charge in [0, 0.05) is 29.1 Å². The Hall–Kier alpha value is -3.04. The molecule has 2 aromatic rings. The number of anilines is 1. The van der Waals surface area contributed by atoms with E-state index in [1.807, 2.05) is 0 Å². The minimum Gasteiger partial charge on any atom is -0.478 e. The lowest BCUT2D eigenvalue weighted by Gasteiger charge is -2.06. The highest BCUT2D eigenvalue weighted by atomic mass is 79.9. The number of nitro groups is 1. The first kappa shape index (κ1) is 32.1. The smallest absolute Gasteiger partial charge is 0.407 e. The van der Waals surface area contributed by atoms with Crippen LogP contribution < -0.4 is 15.2 Å². The first-order valence-electron chi connectivity index (χ1n) is 8.24. The van der Waals surface area contributed by atoms with Crippen LogP contribution in [-0.4, -0.2) is 66.5 Å². The number of pyridine rings is 2. The summed E-state index contributed by atoms with van der Waals surface area (Å²) in [5, 5.41) is 17.6. The predicted octanol–water partition coefficient (Wildman–Crippen LogP) is 2.53. The molecule has 0 unspecified atom stereocenters. The monoisotopic (exact) mass is 598 g/mol. The summed E-state index contributed by atoms with van der Waals surface area (Å²) in [5.41, 5.74) is 5.53. The van der Waals surface area contributed by atoms with Crippen molar-refractivity contribution in [1.29, 1.82) is 0 Å². The van der Waals surface area contributed by atoms with Gasteiger partial charge < -0.3 is 39.9 Å². The lowest BCUT2D eigenvalue weighted by molar-refractivity contribution is -0.390. The number of nitrogens with two attached hydrogens (primary N) is 1. The number of carbonyl (C=O) groups excluding carboxylic acids is 2. The zero-order valence-corrected chi connectivity index (χ0v) is 20.3. The second-order valence-electron chi connectivity index (χ2n) is 4.96. The molecule has 2 aromatic heterocycles. The zero-order valence-electron chi connectivity index (χ0n) is 17.1. The van der Waals surface area contributed by atoms with Crippen molar-refractivity contribution in [2.75, 3.05) is 40.3 Å². The molecule has 33 heavy (non-hydrogen) atoms. The van der Waals surface area contributed by atoms with Gasteiger partial charge in [-0.05, 0) is 44.0 Å². The fraction of sp³-hybridized carbons (Fsp3) is 0.333. The van der Waals surface area contributed by atoms with Gasteiger partial charge in [0.25, 0.3) is 0 Å². The minimum absolute atomic E-state index is 0. The molecule has 184 valence electrons. The summed E-state index contributed by atoms with van der Waals surface area (Å²) in [6.45, 7) is -0.579. The average Bonchev–Trinajstić information content (AvgIpc) is 2.78. The maximum Gasteiger partial charge on any atom is 0.407 e. The number of aliphatic hydroxyl groups is 1. The average molecular weight is 600 g/mol. The van der Waals surface area contributed by atoms with Crippen LogP contribution in [0.25, 0.3) is 0 Å². The Labute approximate surface area is 206 Å². The van der Waals surface area contributed by atoms with E-state index in [-0.39, 0.29) is 25.6 Å². The third-order valence-corrected chi connectivity index (χ3v) is 3.86. The van der Waals surface area contributed by atoms with Gasteiger partial charge in [-0.2, -0.15) is 0 Å². The van der Waals surface area contributed by atoms with Gasteiger partial charge in [-0.15, -0.1) is 0 Å². The van der Waals surface area contributed by atoms with E-state index in [0.717, 1.165) is 7.11 Å². The van der Waals surface area contributed by atoms with E-state index in [1.54, 1.807) is 12.1 Å². The number of nitrogens with zero attached hydrogens (tertiary/aromatic N) is 3. The van der Waals surface area contributed by atoms with Crippen molar-refractivity contribution >= 4 is 55.4 Å². The zero-order chi connectivity index (χ0) is 24.7. The topological polar surface area (TPSA) is 186 Å².